The molecule has 0 saturated heterocycles. The third-order valence-electron chi connectivity index (χ3n) is 10.5. The average molecular weight is 669 g/mol. The van der Waals surface area contributed by atoms with Crippen molar-refractivity contribution in [2.75, 3.05) is 37.0 Å². The van der Waals surface area contributed by atoms with Crippen molar-refractivity contribution in [2.45, 2.75) is 157 Å². The molecule has 3 heteroatoms. The summed E-state index contributed by atoms with van der Waals surface area (Å²) in [6, 6.07) is 18.2. The normalized spacial score (nSPS) is 12.1. The van der Waals surface area contributed by atoms with Gasteiger partial charge >= 0.3 is 0 Å². The van der Waals surface area contributed by atoms with E-state index in [0.29, 0.717) is 0 Å². The van der Waals surface area contributed by atoms with E-state index >= 15 is 0 Å². The molecule has 2 aromatic rings. The van der Waals surface area contributed by atoms with Crippen LogP contribution < -0.4 is 10.6 Å². The molecule has 0 heterocycles. The zero-order chi connectivity index (χ0) is 33.5. The third-order valence-corrected chi connectivity index (χ3v) is 20.3. The Bertz CT molecular complexity index is 905. The van der Waals surface area contributed by atoms with Gasteiger partial charge in [-0.3, -0.25) is 4.79 Å². The number of unbranched alkanes of at least 4 members (excludes halogenated alkanes) is 12. The first-order valence-corrected chi connectivity index (χ1v) is 24.6. The van der Waals surface area contributed by atoms with Crippen LogP contribution >= 0.6 is 14.5 Å². The van der Waals surface area contributed by atoms with Crippen LogP contribution in [-0.4, -0.2) is 42.8 Å². The van der Waals surface area contributed by atoms with E-state index in [0.717, 1.165) is 11.1 Å². The van der Waals surface area contributed by atoms with Crippen LogP contribution in [0.4, 0.5) is 0 Å². The Hall–Kier alpha value is -1.03. The minimum Gasteiger partial charge on any atom is -0.289 e. The molecule has 260 valence electrons. The third kappa shape index (κ3) is 13.5. The molecule has 0 aliphatic rings. The van der Waals surface area contributed by atoms with Gasteiger partial charge in [-0.25, -0.2) is 0 Å². The van der Waals surface area contributed by atoms with Crippen molar-refractivity contribution in [3.63, 3.8) is 0 Å². The van der Waals surface area contributed by atoms with Crippen LogP contribution in [-0.2, 0) is 0 Å². The van der Waals surface area contributed by atoms with Crippen molar-refractivity contribution >= 4 is 30.9 Å². The van der Waals surface area contributed by atoms with Crippen molar-refractivity contribution in [1.82, 2.24) is 0 Å². The molecule has 0 unspecified atom stereocenters. The lowest BCUT2D eigenvalue weighted by molar-refractivity contribution is 0.103. The second kappa shape index (κ2) is 24.2. The molecule has 0 fully saturated rings. The predicted molar refractivity (Wildman–Crippen MR) is 216 cm³/mol. The zero-order valence-corrected chi connectivity index (χ0v) is 33.2. The molecule has 46 heavy (non-hydrogen) atoms. The van der Waals surface area contributed by atoms with Gasteiger partial charge in [-0.15, -0.1) is 0 Å². The van der Waals surface area contributed by atoms with Crippen molar-refractivity contribution in [1.29, 1.82) is 0 Å². The summed E-state index contributed by atoms with van der Waals surface area (Å²) in [4.78, 5) is 13.9. The highest BCUT2D eigenvalue weighted by molar-refractivity contribution is 7.83. The maximum atomic E-state index is 13.9. The van der Waals surface area contributed by atoms with Crippen molar-refractivity contribution in [2.24, 2.45) is 0 Å². The van der Waals surface area contributed by atoms with Gasteiger partial charge in [-0.2, -0.15) is 0 Å². The molecule has 0 aromatic heterocycles. The Morgan fingerprint density at radius 1 is 0.370 bits per heavy atom. The minimum atomic E-state index is -1.23. The smallest absolute Gasteiger partial charge is 0.193 e. The number of carbonyl (C=O) groups is 1. The number of ketones is 1. The van der Waals surface area contributed by atoms with Crippen LogP contribution in [0.15, 0.2) is 48.5 Å². The number of hydrogen-bond acceptors (Lipinski definition) is 1. The van der Waals surface area contributed by atoms with Crippen LogP contribution in [0.5, 0.6) is 0 Å². The first-order chi connectivity index (χ1) is 22.5. The molecule has 0 atom stereocenters. The summed E-state index contributed by atoms with van der Waals surface area (Å²) in [6.45, 7) is 14.0. The van der Waals surface area contributed by atoms with E-state index in [1.54, 1.807) is 10.6 Å². The number of rotatable bonds is 28. The SMILES string of the molecule is CCCCC[P+](CCCCC)(CCCCC)c1ccc(C(=O)c2ccc([P+](CCCCC)(CCCCC)CCCCC)cc2)cc1. The fourth-order valence-corrected chi connectivity index (χ4v) is 16.9. The van der Waals surface area contributed by atoms with E-state index in [4.69, 9.17) is 0 Å². The summed E-state index contributed by atoms with van der Waals surface area (Å²) in [7, 11) is -2.46. The fraction of sp³-hybridized carbons (Fsp3) is 0.698. The van der Waals surface area contributed by atoms with Gasteiger partial charge in [0.1, 0.15) is 0 Å². The van der Waals surface area contributed by atoms with Gasteiger partial charge in [0, 0.05) is 25.7 Å². The quantitative estimate of drug-likeness (QED) is 0.0501. The largest absolute Gasteiger partial charge is 0.289 e. The summed E-state index contributed by atoms with van der Waals surface area (Å²) >= 11 is 0. The molecular formula is C43H74OP2+2. The maximum absolute atomic E-state index is 13.9. The molecule has 2 rings (SSSR count). The molecule has 2 aromatic carbocycles. The lowest BCUT2D eigenvalue weighted by Gasteiger charge is -2.28. The molecule has 1 nitrogen and oxygen atoms in total. The molecule has 0 N–H and O–H groups in total. The van der Waals surface area contributed by atoms with Gasteiger partial charge in [0.25, 0.3) is 0 Å². The van der Waals surface area contributed by atoms with Crippen LogP contribution in [0.25, 0.3) is 0 Å². The molecule has 0 aliphatic heterocycles. The van der Waals surface area contributed by atoms with Crippen LogP contribution in [0.3, 0.4) is 0 Å². The van der Waals surface area contributed by atoms with Gasteiger partial charge in [-0.05, 0) is 87.1 Å². The highest BCUT2D eigenvalue weighted by Gasteiger charge is 2.39. The second-order valence-electron chi connectivity index (χ2n) is 14.3. The molecule has 0 aliphatic carbocycles. The van der Waals surface area contributed by atoms with Crippen LogP contribution in [0, 0.1) is 0 Å². The van der Waals surface area contributed by atoms with Gasteiger partial charge in [0.2, 0.25) is 0 Å². The Morgan fingerprint density at radius 2 is 0.587 bits per heavy atom. The van der Waals surface area contributed by atoms with E-state index in [2.05, 4.69) is 90.1 Å². The Balaban J connectivity index is 2.35. The summed E-state index contributed by atoms with van der Waals surface area (Å²) < 4.78 is 0. The average Bonchev–Trinajstić information content (AvgIpc) is 3.08. The van der Waals surface area contributed by atoms with Crippen LogP contribution in [0.1, 0.15) is 173 Å². The Kier molecular flexibility index (Phi) is 21.6. The van der Waals surface area contributed by atoms with Crippen molar-refractivity contribution in [3.05, 3.63) is 59.7 Å². The van der Waals surface area contributed by atoms with E-state index < -0.39 is 14.5 Å². The summed E-state index contributed by atoms with van der Waals surface area (Å²) in [5, 5.41) is 3.17. The topological polar surface area (TPSA) is 17.1 Å². The number of hydrogen-bond donors (Lipinski definition) is 0. The van der Waals surface area contributed by atoms with Gasteiger partial charge in [0.05, 0.1) is 47.6 Å². The van der Waals surface area contributed by atoms with Gasteiger partial charge < -0.3 is 0 Å². The summed E-state index contributed by atoms with van der Waals surface area (Å²) in [5.41, 5.74) is 1.72. The van der Waals surface area contributed by atoms with E-state index in [-0.39, 0.29) is 5.78 Å². The highest BCUT2D eigenvalue weighted by Crippen LogP contribution is 2.60. The Labute approximate surface area is 288 Å². The fourth-order valence-electron chi connectivity index (χ4n) is 7.46. The molecule has 0 bridgehead atoms. The second-order valence-corrected chi connectivity index (χ2v) is 22.6. The number of carbonyl (C=O) groups excluding carboxylic acids is 1. The monoisotopic (exact) mass is 669 g/mol. The van der Waals surface area contributed by atoms with E-state index in [9.17, 15) is 4.79 Å². The number of benzene rings is 2. The lowest BCUT2D eigenvalue weighted by atomic mass is 10.0. The first-order valence-electron chi connectivity index (χ1n) is 19.9. The summed E-state index contributed by atoms with van der Waals surface area (Å²) in [6.07, 6.45) is 32.3. The van der Waals surface area contributed by atoms with E-state index in [1.165, 1.54) is 153 Å². The van der Waals surface area contributed by atoms with Crippen molar-refractivity contribution < 1.29 is 4.79 Å². The van der Waals surface area contributed by atoms with Crippen LogP contribution in [0.2, 0.25) is 0 Å². The summed E-state index contributed by atoms with van der Waals surface area (Å²) in [5.74, 6) is 0.192. The standard InChI is InChI=1S/C43H74OP2/c1-7-13-19-33-45(34-20-14-8-2,35-21-15-9-3)41-29-25-39(26-30-41)43(44)40-27-31-42(32-28-40)46(36-22-16-10-4,37-23-17-11-5)38-24-18-12-6/h25-32H,7-24,33-38H2,1-6H3/q+2. The molecular weight excluding hydrogens is 594 g/mol. The minimum absolute atomic E-state index is 0.192. The Morgan fingerprint density at radius 3 is 0.783 bits per heavy atom. The maximum Gasteiger partial charge on any atom is 0.193 e. The lowest BCUT2D eigenvalue weighted by Crippen LogP contribution is -2.22. The molecule has 0 amide bonds. The van der Waals surface area contributed by atoms with E-state index in [1.807, 2.05) is 0 Å². The molecule has 0 spiro atoms. The molecule has 0 saturated carbocycles. The first kappa shape index (κ1) is 41.1. The van der Waals surface area contributed by atoms with Crippen molar-refractivity contribution in [3.8, 4) is 0 Å². The molecule has 0 radical (unpaired) electrons. The van der Waals surface area contributed by atoms with Gasteiger partial charge in [-0.1, -0.05) is 119 Å². The van der Waals surface area contributed by atoms with Gasteiger partial charge in [0.15, 0.2) is 5.78 Å². The zero-order valence-electron chi connectivity index (χ0n) is 31.4. The highest BCUT2D eigenvalue weighted by atomic mass is 31.2. The predicted octanol–water partition coefficient (Wildman–Crippen LogP) is 13.3.